The first kappa shape index (κ1) is 17.4. The molecule has 7 nitrogen and oxygen atoms in total. The van der Waals surface area contributed by atoms with Gasteiger partial charge in [0.15, 0.2) is 0 Å². The maximum absolute atomic E-state index is 11.7. The van der Waals surface area contributed by atoms with Crippen molar-refractivity contribution in [1.29, 1.82) is 0 Å². The summed E-state index contributed by atoms with van der Waals surface area (Å²) in [5.74, 6) is -0.351. The second-order valence-electron chi connectivity index (χ2n) is 4.92. The Bertz CT molecular complexity index is 793. The maximum Gasteiger partial charge on any atom is 0.270 e. The smallest absolute Gasteiger partial charge is 0.270 e. The molecule has 8 heteroatoms. The number of benzene rings is 2. The van der Waals surface area contributed by atoms with Crippen molar-refractivity contribution in [3.63, 3.8) is 0 Å². The Hall–Kier alpha value is -2.93. The van der Waals surface area contributed by atoms with E-state index in [0.29, 0.717) is 10.6 Å². The summed E-state index contributed by atoms with van der Waals surface area (Å²) < 4.78 is 0. The van der Waals surface area contributed by atoms with Crippen molar-refractivity contribution in [2.75, 3.05) is 11.9 Å². The van der Waals surface area contributed by atoms with Crippen LogP contribution in [0.2, 0.25) is 5.02 Å². The van der Waals surface area contributed by atoms with Gasteiger partial charge in [0, 0.05) is 28.4 Å². The molecule has 0 fully saturated rings. The van der Waals surface area contributed by atoms with E-state index in [0.717, 1.165) is 11.3 Å². The van der Waals surface area contributed by atoms with Crippen LogP contribution in [-0.4, -0.2) is 23.6 Å². The van der Waals surface area contributed by atoms with Gasteiger partial charge in [0.1, 0.15) is 0 Å². The zero-order valence-corrected chi connectivity index (χ0v) is 13.6. The first-order valence-electron chi connectivity index (χ1n) is 7.02. The molecule has 1 amide bonds. The number of rotatable bonds is 6. The van der Waals surface area contributed by atoms with Crippen LogP contribution in [0.25, 0.3) is 0 Å². The van der Waals surface area contributed by atoms with Crippen molar-refractivity contribution < 1.29 is 9.72 Å². The van der Waals surface area contributed by atoms with Crippen LogP contribution in [0.4, 0.5) is 11.4 Å². The first-order chi connectivity index (χ1) is 11.5. The van der Waals surface area contributed by atoms with Crippen LogP contribution in [0.5, 0.6) is 0 Å². The van der Waals surface area contributed by atoms with Crippen molar-refractivity contribution in [3.8, 4) is 0 Å². The summed E-state index contributed by atoms with van der Waals surface area (Å²) in [6, 6.07) is 11.6. The molecule has 0 atom stereocenters. The highest BCUT2D eigenvalue weighted by Gasteiger charge is 2.08. The predicted molar refractivity (Wildman–Crippen MR) is 93.5 cm³/mol. The number of anilines is 1. The molecule has 24 heavy (non-hydrogen) atoms. The number of hydrazone groups is 1. The maximum atomic E-state index is 11.7. The summed E-state index contributed by atoms with van der Waals surface area (Å²) in [6.07, 6.45) is 1.26. The number of carbonyl (C=O) groups is 1. The van der Waals surface area contributed by atoms with Gasteiger partial charge in [-0.1, -0.05) is 29.8 Å². The number of non-ortho nitro benzene ring substituents is 1. The molecule has 0 spiro atoms. The highest BCUT2D eigenvalue weighted by atomic mass is 35.5. The van der Waals surface area contributed by atoms with E-state index in [1.807, 2.05) is 31.2 Å². The zero-order valence-electron chi connectivity index (χ0n) is 12.8. The van der Waals surface area contributed by atoms with Gasteiger partial charge in [0.05, 0.1) is 17.7 Å². The van der Waals surface area contributed by atoms with E-state index in [2.05, 4.69) is 15.8 Å². The lowest BCUT2D eigenvalue weighted by molar-refractivity contribution is -0.384. The highest BCUT2D eigenvalue weighted by molar-refractivity contribution is 6.33. The van der Waals surface area contributed by atoms with Crippen LogP contribution in [0.15, 0.2) is 47.6 Å². The Morgan fingerprint density at radius 1 is 1.33 bits per heavy atom. The van der Waals surface area contributed by atoms with E-state index >= 15 is 0 Å². The summed E-state index contributed by atoms with van der Waals surface area (Å²) in [7, 11) is 0. The summed E-state index contributed by atoms with van der Waals surface area (Å²) in [4.78, 5) is 22.0. The normalized spacial score (nSPS) is 10.6. The number of nitrogens with one attached hydrogen (secondary N) is 2. The molecule has 0 bridgehead atoms. The average molecular weight is 347 g/mol. The SMILES string of the molecule is Cc1ccccc1NCC(=O)N/N=C\c1cc([N+](=O)[O-])ccc1Cl. The molecule has 124 valence electrons. The van der Waals surface area contributed by atoms with E-state index in [1.165, 1.54) is 24.4 Å². The first-order valence-corrected chi connectivity index (χ1v) is 7.40. The van der Waals surface area contributed by atoms with Crippen molar-refractivity contribution in [3.05, 3.63) is 68.7 Å². The van der Waals surface area contributed by atoms with Crippen LogP contribution in [0.3, 0.4) is 0 Å². The van der Waals surface area contributed by atoms with Crippen LogP contribution in [-0.2, 0) is 4.79 Å². The minimum atomic E-state index is -0.529. The Morgan fingerprint density at radius 3 is 2.79 bits per heavy atom. The predicted octanol–water partition coefficient (Wildman–Crippen LogP) is 3.12. The van der Waals surface area contributed by atoms with Crippen molar-refractivity contribution >= 4 is 35.1 Å². The van der Waals surface area contributed by atoms with Gasteiger partial charge in [-0.15, -0.1) is 0 Å². The Kier molecular flexibility index (Phi) is 5.86. The summed E-state index contributed by atoms with van der Waals surface area (Å²) >= 11 is 5.94. The van der Waals surface area contributed by atoms with Gasteiger partial charge < -0.3 is 5.32 Å². The largest absolute Gasteiger partial charge is 0.376 e. The number of halogens is 1. The lowest BCUT2D eigenvalue weighted by Crippen LogP contribution is -2.26. The fraction of sp³-hybridized carbons (Fsp3) is 0.125. The third kappa shape index (κ3) is 4.79. The van der Waals surface area contributed by atoms with Gasteiger partial charge in [-0.2, -0.15) is 5.10 Å². The lowest BCUT2D eigenvalue weighted by atomic mass is 10.2. The number of amides is 1. The minimum Gasteiger partial charge on any atom is -0.376 e. The van der Waals surface area contributed by atoms with E-state index in [4.69, 9.17) is 11.6 Å². The summed E-state index contributed by atoms with van der Waals surface area (Å²) in [5, 5.41) is 17.8. The quantitative estimate of drug-likeness (QED) is 0.477. The van der Waals surface area contributed by atoms with E-state index in [1.54, 1.807) is 0 Å². The topological polar surface area (TPSA) is 96.6 Å². The van der Waals surface area contributed by atoms with Gasteiger partial charge in [-0.3, -0.25) is 14.9 Å². The van der Waals surface area contributed by atoms with Crippen LogP contribution in [0.1, 0.15) is 11.1 Å². The second-order valence-corrected chi connectivity index (χ2v) is 5.33. The Balaban J connectivity index is 1.92. The van der Waals surface area contributed by atoms with Crippen molar-refractivity contribution in [2.45, 2.75) is 6.92 Å². The molecule has 2 aromatic rings. The monoisotopic (exact) mass is 346 g/mol. The number of nitro benzene ring substituents is 1. The molecule has 2 rings (SSSR count). The Morgan fingerprint density at radius 2 is 2.08 bits per heavy atom. The highest BCUT2D eigenvalue weighted by Crippen LogP contribution is 2.20. The van der Waals surface area contributed by atoms with E-state index < -0.39 is 4.92 Å². The van der Waals surface area contributed by atoms with Crippen LogP contribution in [0, 0.1) is 17.0 Å². The molecule has 0 saturated heterocycles. The molecule has 0 heterocycles. The molecule has 0 aromatic heterocycles. The number of para-hydroxylation sites is 1. The molecule has 0 aliphatic rings. The van der Waals surface area contributed by atoms with Crippen molar-refractivity contribution in [1.82, 2.24) is 5.43 Å². The number of hydrogen-bond acceptors (Lipinski definition) is 5. The van der Waals surface area contributed by atoms with Crippen LogP contribution < -0.4 is 10.7 Å². The van der Waals surface area contributed by atoms with E-state index in [9.17, 15) is 14.9 Å². The third-order valence-electron chi connectivity index (χ3n) is 3.17. The van der Waals surface area contributed by atoms with Gasteiger partial charge in [0.2, 0.25) is 0 Å². The molecule has 0 radical (unpaired) electrons. The Labute approximate surface area is 143 Å². The summed E-state index contributed by atoms with van der Waals surface area (Å²) in [6.45, 7) is 1.98. The van der Waals surface area contributed by atoms with Crippen molar-refractivity contribution in [2.24, 2.45) is 5.10 Å². The van der Waals surface area contributed by atoms with Crippen LogP contribution >= 0.6 is 11.6 Å². The van der Waals surface area contributed by atoms with Gasteiger partial charge in [0.25, 0.3) is 11.6 Å². The van der Waals surface area contributed by atoms with E-state index in [-0.39, 0.29) is 18.1 Å². The molecular weight excluding hydrogens is 332 g/mol. The molecule has 2 aromatic carbocycles. The third-order valence-corrected chi connectivity index (χ3v) is 3.51. The number of carbonyl (C=O) groups excluding carboxylic acids is 1. The van der Waals surface area contributed by atoms with Gasteiger partial charge >= 0.3 is 0 Å². The van der Waals surface area contributed by atoms with Gasteiger partial charge in [-0.05, 0) is 24.6 Å². The minimum absolute atomic E-state index is 0.0465. The fourth-order valence-corrected chi connectivity index (χ4v) is 2.07. The zero-order chi connectivity index (χ0) is 17.5. The lowest BCUT2D eigenvalue weighted by Gasteiger charge is -2.07. The molecule has 0 aliphatic heterocycles. The molecule has 0 saturated carbocycles. The number of nitrogens with zero attached hydrogens (tertiary/aromatic N) is 2. The van der Waals surface area contributed by atoms with Gasteiger partial charge in [-0.25, -0.2) is 5.43 Å². The summed E-state index contributed by atoms with van der Waals surface area (Å²) in [5.41, 5.74) is 4.46. The number of hydrogen-bond donors (Lipinski definition) is 2. The molecular formula is C16H15ClN4O3. The molecule has 2 N–H and O–H groups in total. The number of aryl methyl sites for hydroxylation is 1. The fourth-order valence-electron chi connectivity index (χ4n) is 1.90. The number of nitro groups is 1. The second kappa shape index (κ2) is 8.07. The molecule has 0 aliphatic carbocycles. The molecule has 0 unspecified atom stereocenters. The standard InChI is InChI=1S/C16H15ClN4O3/c1-11-4-2-3-5-15(11)18-10-16(22)20-19-9-12-8-13(21(23)24)6-7-14(12)17/h2-9,18H,10H2,1H3,(H,20,22)/b19-9-. The average Bonchev–Trinajstić information content (AvgIpc) is 2.55.